The lowest BCUT2D eigenvalue weighted by Gasteiger charge is -2.35. The van der Waals surface area contributed by atoms with Crippen LogP contribution in [0.4, 0.5) is 4.79 Å². The third-order valence-corrected chi connectivity index (χ3v) is 2.83. The molecule has 15 heavy (non-hydrogen) atoms. The summed E-state index contributed by atoms with van der Waals surface area (Å²) in [6.07, 6.45) is 0.638. The SMILES string of the molecule is COCCC1(C)C(=N)NC(=O)N1C(C)C. The summed E-state index contributed by atoms with van der Waals surface area (Å²) < 4.78 is 5.02. The van der Waals surface area contributed by atoms with Crippen LogP contribution in [0.1, 0.15) is 27.2 Å². The van der Waals surface area contributed by atoms with E-state index in [4.69, 9.17) is 10.1 Å². The van der Waals surface area contributed by atoms with Crippen LogP contribution in [-0.4, -0.2) is 42.1 Å². The molecular formula is C10H19N3O2. The molecule has 1 heterocycles. The Bertz CT molecular complexity index is 278. The summed E-state index contributed by atoms with van der Waals surface area (Å²) in [5.74, 6) is 0.262. The van der Waals surface area contributed by atoms with Crippen LogP contribution in [0.25, 0.3) is 0 Å². The van der Waals surface area contributed by atoms with Gasteiger partial charge in [-0.2, -0.15) is 0 Å². The Morgan fingerprint density at radius 1 is 1.60 bits per heavy atom. The maximum atomic E-state index is 11.6. The number of hydrogen-bond acceptors (Lipinski definition) is 3. The molecular weight excluding hydrogens is 194 g/mol. The lowest BCUT2D eigenvalue weighted by molar-refractivity contribution is 0.118. The first-order valence-electron chi connectivity index (χ1n) is 5.11. The molecule has 1 saturated heterocycles. The Morgan fingerprint density at radius 2 is 2.20 bits per heavy atom. The molecule has 0 radical (unpaired) electrons. The highest BCUT2D eigenvalue weighted by Gasteiger charge is 2.47. The standard InChI is InChI=1S/C10H19N3O2/c1-7(2)13-9(14)12-8(11)10(13,3)5-6-15-4/h7H,5-6H2,1-4H3,(H2,11,12,14). The number of amidine groups is 1. The highest BCUT2D eigenvalue weighted by Crippen LogP contribution is 2.27. The second-order valence-electron chi connectivity index (χ2n) is 4.29. The minimum absolute atomic E-state index is 0.0784. The van der Waals surface area contributed by atoms with E-state index in [-0.39, 0.29) is 17.9 Å². The Balaban J connectivity index is 2.90. The van der Waals surface area contributed by atoms with Gasteiger partial charge in [0.2, 0.25) is 0 Å². The van der Waals surface area contributed by atoms with Crippen molar-refractivity contribution in [3.63, 3.8) is 0 Å². The molecule has 2 N–H and O–H groups in total. The normalized spacial score (nSPS) is 26.3. The lowest BCUT2D eigenvalue weighted by atomic mass is 9.95. The van der Waals surface area contributed by atoms with Gasteiger partial charge in [-0.1, -0.05) is 0 Å². The Morgan fingerprint density at radius 3 is 2.67 bits per heavy atom. The van der Waals surface area contributed by atoms with Crippen molar-refractivity contribution in [2.45, 2.75) is 38.8 Å². The summed E-state index contributed by atoms with van der Waals surface area (Å²) in [5.41, 5.74) is -0.554. The smallest absolute Gasteiger partial charge is 0.323 e. The summed E-state index contributed by atoms with van der Waals surface area (Å²) in [5, 5.41) is 10.4. The maximum absolute atomic E-state index is 11.6. The maximum Gasteiger partial charge on any atom is 0.323 e. The Hall–Kier alpha value is -1.10. The first-order valence-corrected chi connectivity index (χ1v) is 5.11. The number of nitrogens with one attached hydrogen (secondary N) is 2. The zero-order valence-corrected chi connectivity index (χ0v) is 9.76. The van der Waals surface area contributed by atoms with Gasteiger partial charge < -0.3 is 9.64 Å². The number of nitrogens with zero attached hydrogens (tertiary/aromatic N) is 1. The fourth-order valence-electron chi connectivity index (χ4n) is 2.00. The van der Waals surface area contributed by atoms with E-state index in [1.165, 1.54) is 0 Å². The molecule has 0 aromatic carbocycles. The quantitative estimate of drug-likeness (QED) is 0.736. The van der Waals surface area contributed by atoms with Gasteiger partial charge in [0.25, 0.3) is 0 Å². The molecule has 0 spiro atoms. The summed E-state index contributed by atoms with van der Waals surface area (Å²) in [6, 6.07) is -0.108. The van der Waals surface area contributed by atoms with Crippen LogP contribution >= 0.6 is 0 Å². The molecule has 1 fully saturated rings. The zero-order valence-electron chi connectivity index (χ0n) is 9.76. The van der Waals surface area contributed by atoms with E-state index in [9.17, 15) is 4.79 Å². The Labute approximate surface area is 90.3 Å². The molecule has 1 aliphatic rings. The highest BCUT2D eigenvalue weighted by molar-refractivity contribution is 6.08. The molecule has 1 atom stereocenters. The third kappa shape index (κ3) is 1.97. The van der Waals surface area contributed by atoms with Gasteiger partial charge in [-0.05, 0) is 20.8 Å². The molecule has 5 heteroatoms. The summed E-state index contributed by atoms with van der Waals surface area (Å²) >= 11 is 0. The predicted octanol–water partition coefficient (Wildman–Crippen LogP) is 1.19. The van der Waals surface area contributed by atoms with Crippen LogP contribution in [0, 0.1) is 5.41 Å². The van der Waals surface area contributed by atoms with E-state index in [2.05, 4.69) is 5.32 Å². The molecule has 1 rings (SSSR count). The highest BCUT2D eigenvalue weighted by atomic mass is 16.5. The molecule has 1 unspecified atom stereocenters. The Kier molecular flexibility index (Phi) is 3.34. The van der Waals surface area contributed by atoms with Crippen molar-refractivity contribution in [3.8, 4) is 0 Å². The second kappa shape index (κ2) is 4.18. The summed E-state index contributed by atoms with van der Waals surface area (Å²) in [7, 11) is 1.62. The molecule has 0 saturated carbocycles. The average Bonchev–Trinajstić information content (AvgIpc) is 2.35. The predicted molar refractivity (Wildman–Crippen MR) is 58.1 cm³/mol. The number of hydrogen-bond donors (Lipinski definition) is 2. The fraction of sp³-hybridized carbons (Fsp3) is 0.800. The van der Waals surface area contributed by atoms with E-state index in [0.29, 0.717) is 13.0 Å². The lowest BCUT2D eigenvalue weighted by Crippen LogP contribution is -2.50. The summed E-state index contributed by atoms with van der Waals surface area (Å²) in [4.78, 5) is 13.3. The molecule has 0 aromatic heterocycles. The number of ether oxygens (including phenoxy) is 1. The molecule has 1 aliphatic heterocycles. The average molecular weight is 213 g/mol. The van der Waals surface area contributed by atoms with Gasteiger partial charge in [0, 0.05) is 26.2 Å². The third-order valence-electron chi connectivity index (χ3n) is 2.83. The molecule has 0 bridgehead atoms. The van der Waals surface area contributed by atoms with E-state index >= 15 is 0 Å². The van der Waals surface area contributed by atoms with Crippen molar-refractivity contribution < 1.29 is 9.53 Å². The van der Waals surface area contributed by atoms with Gasteiger partial charge in [0.05, 0.1) is 0 Å². The van der Waals surface area contributed by atoms with Gasteiger partial charge in [0.15, 0.2) is 0 Å². The minimum Gasteiger partial charge on any atom is -0.385 e. The number of methoxy groups -OCH3 is 1. The number of urea groups is 1. The van der Waals surface area contributed by atoms with Gasteiger partial charge in [-0.3, -0.25) is 10.7 Å². The molecule has 86 valence electrons. The first kappa shape index (κ1) is 12.0. The van der Waals surface area contributed by atoms with Gasteiger partial charge >= 0.3 is 6.03 Å². The summed E-state index contributed by atoms with van der Waals surface area (Å²) in [6.45, 7) is 6.33. The van der Waals surface area contributed by atoms with Crippen molar-refractivity contribution in [1.82, 2.24) is 10.2 Å². The van der Waals surface area contributed by atoms with Crippen LogP contribution in [0.3, 0.4) is 0 Å². The van der Waals surface area contributed by atoms with Gasteiger partial charge in [-0.15, -0.1) is 0 Å². The van der Waals surface area contributed by atoms with Crippen molar-refractivity contribution in [2.24, 2.45) is 0 Å². The van der Waals surface area contributed by atoms with Crippen LogP contribution in [0.15, 0.2) is 0 Å². The zero-order chi connectivity index (χ0) is 11.6. The topological polar surface area (TPSA) is 65.4 Å². The van der Waals surface area contributed by atoms with Crippen LogP contribution in [-0.2, 0) is 4.74 Å². The number of amides is 2. The van der Waals surface area contributed by atoms with E-state index in [0.717, 1.165) is 0 Å². The van der Waals surface area contributed by atoms with E-state index in [1.54, 1.807) is 12.0 Å². The molecule has 2 amide bonds. The number of carbonyl (C=O) groups is 1. The van der Waals surface area contributed by atoms with Crippen LogP contribution < -0.4 is 5.32 Å². The number of rotatable bonds is 4. The first-order chi connectivity index (χ1) is 6.93. The van der Waals surface area contributed by atoms with Crippen LogP contribution in [0.5, 0.6) is 0 Å². The van der Waals surface area contributed by atoms with Gasteiger partial charge in [-0.25, -0.2) is 4.79 Å². The van der Waals surface area contributed by atoms with Crippen molar-refractivity contribution in [2.75, 3.05) is 13.7 Å². The van der Waals surface area contributed by atoms with E-state index < -0.39 is 5.54 Å². The largest absolute Gasteiger partial charge is 0.385 e. The van der Waals surface area contributed by atoms with Crippen molar-refractivity contribution >= 4 is 11.9 Å². The fourth-order valence-corrected chi connectivity index (χ4v) is 2.00. The van der Waals surface area contributed by atoms with Gasteiger partial charge in [0.1, 0.15) is 11.4 Å². The molecule has 0 aliphatic carbocycles. The monoisotopic (exact) mass is 213 g/mol. The second-order valence-corrected chi connectivity index (χ2v) is 4.29. The minimum atomic E-state index is -0.554. The number of carbonyl (C=O) groups excluding carboxylic acids is 1. The molecule has 0 aromatic rings. The molecule has 5 nitrogen and oxygen atoms in total. The van der Waals surface area contributed by atoms with E-state index in [1.807, 2.05) is 20.8 Å². The van der Waals surface area contributed by atoms with Crippen molar-refractivity contribution in [1.29, 1.82) is 5.41 Å². The van der Waals surface area contributed by atoms with Crippen molar-refractivity contribution in [3.05, 3.63) is 0 Å². The van der Waals surface area contributed by atoms with Crippen LogP contribution in [0.2, 0.25) is 0 Å².